The average molecular weight is 409 g/mol. The van der Waals surface area contributed by atoms with Crippen LogP contribution in [0.3, 0.4) is 0 Å². The Kier molecular flexibility index (Phi) is 6.66. The summed E-state index contributed by atoms with van der Waals surface area (Å²) >= 11 is 1.29. The Labute approximate surface area is 174 Å². The highest BCUT2D eigenvalue weighted by Crippen LogP contribution is 2.17. The molecule has 3 aromatic rings. The van der Waals surface area contributed by atoms with Crippen molar-refractivity contribution in [2.45, 2.75) is 19.0 Å². The van der Waals surface area contributed by atoms with Gasteiger partial charge in [-0.1, -0.05) is 11.8 Å². The maximum Gasteiger partial charge on any atom is 0.250 e. The molecule has 0 radical (unpaired) electrons. The number of thioether (sulfide) groups is 1. The molecule has 1 N–H and O–H groups in total. The summed E-state index contributed by atoms with van der Waals surface area (Å²) < 4.78 is 2.01. The first-order chi connectivity index (χ1) is 13.9. The highest BCUT2D eigenvalue weighted by atomic mass is 32.2. The lowest BCUT2D eigenvalue weighted by molar-refractivity contribution is -0.118. The topological polar surface area (TPSA) is 75.4 Å². The summed E-state index contributed by atoms with van der Waals surface area (Å²) in [6.07, 6.45) is 3.59. The van der Waals surface area contributed by atoms with Gasteiger partial charge in [0.15, 0.2) is 5.16 Å². The molecule has 2 aromatic heterocycles. The molecule has 1 amide bonds. The molecule has 150 valence electrons. The van der Waals surface area contributed by atoms with Crippen molar-refractivity contribution in [3.05, 3.63) is 65.7 Å². The van der Waals surface area contributed by atoms with Crippen LogP contribution in [-0.4, -0.2) is 46.5 Å². The van der Waals surface area contributed by atoms with Crippen molar-refractivity contribution in [2.24, 2.45) is 5.10 Å². The number of hydrazone groups is 1. The Balaban J connectivity index is 1.58. The van der Waals surface area contributed by atoms with E-state index < -0.39 is 0 Å². The number of carbonyl (C=O) groups is 1. The standard InChI is InChI=1S/C21H24N6OS/c1-15-12-16(2)24-21(23-15)29-14-20(28)25-22-13-19-6-5-11-27(19)18-9-7-17(8-10-18)26(3)4/h5-13H,14H2,1-4H3,(H,25,28)/b22-13-. The number of rotatable bonds is 7. The highest BCUT2D eigenvalue weighted by molar-refractivity contribution is 7.99. The number of anilines is 1. The summed E-state index contributed by atoms with van der Waals surface area (Å²) in [6, 6.07) is 14.0. The quantitative estimate of drug-likeness (QED) is 0.281. The van der Waals surface area contributed by atoms with E-state index in [1.54, 1.807) is 6.21 Å². The van der Waals surface area contributed by atoms with Crippen molar-refractivity contribution in [1.82, 2.24) is 20.0 Å². The summed E-state index contributed by atoms with van der Waals surface area (Å²) in [4.78, 5) is 22.7. The third kappa shape index (κ3) is 5.68. The lowest BCUT2D eigenvalue weighted by Crippen LogP contribution is -2.20. The molecule has 0 fully saturated rings. The maximum absolute atomic E-state index is 12.1. The normalized spacial score (nSPS) is 11.0. The number of benzene rings is 1. The molecule has 0 bridgehead atoms. The largest absolute Gasteiger partial charge is 0.378 e. The number of nitrogens with zero attached hydrogens (tertiary/aromatic N) is 5. The Morgan fingerprint density at radius 3 is 2.52 bits per heavy atom. The molecule has 29 heavy (non-hydrogen) atoms. The van der Waals surface area contributed by atoms with Gasteiger partial charge < -0.3 is 9.47 Å². The predicted molar refractivity (Wildman–Crippen MR) is 118 cm³/mol. The summed E-state index contributed by atoms with van der Waals surface area (Å²) in [6.45, 7) is 3.82. The molecule has 8 heteroatoms. The van der Waals surface area contributed by atoms with Gasteiger partial charge in [-0.05, 0) is 56.3 Å². The number of hydrogen-bond donors (Lipinski definition) is 1. The molecule has 3 rings (SSSR count). The van der Waals surface area contributed by atoms with Crippen LogP contribution in [0.4, 0.5) is 5.69 Å². The first kappa shape index (κ1) is 20.6. The van der Waals surface area contributed by atoms with Crippen LogP contribution in [0.15, 0.2) is 58.9 Å². The van der Waals surface area contributed by atoms with E-state index in [4.69, 9.17) is 0 Å². The molecule has 0 aliphatic rings. The van der Waals surface area contributed by atoms with Gasteiger partial charge in [-0.25, -0.2) is 15.4 Å². The van der Waals surface area contributed by atoms with Crippen LogP contribution in [0.25, 0.3) is 5.69 Å². The Morgan fingerprint density at radius 1 is 1.17 bits per heavy atom. The Bertz CT molecular complexity index is 990. The second-order valence-electron chi connectivity index (χ2n) is 6.73. The lowest BCUT2D eigenvalue weighted by Gasteiger charge is -2.13. The average Bonchev–Trinajstić information content (AvgIpc) is 3.14. The first-order valence-corrected chi connectivity index (χ1v) is 10.1. The molecular weight excluding hydrogens is 384 g/mol. The van der Waals surface area contributed by atoms with Crippen LogP contribution in [0.2, 0.25) is 0 Å². The van der Waals surface area contributed by atoms with Crippen LogP contribution >= 0.6 is 11.8 Å². The molecule has 0 atom stereocenters. The molecule has 0 aliphatic heterocycles. The van der Waals surface area contributed by atoms with Crippen molar-refractivity contribution in [1.29, 1.82) is 0 Å². The molecule has 7 nitrogen and oxygen atoms in total. The van der Waals surface area contributed by atoms with Gasteiger partial charge in [0.05, 0.1) is 17.7 Å². The number of carbonyl (C=O) groups excluding carboxylic acids is 1. The Morgan fingerprint density at radius 2 is 1.86 bits per heavy atom. The number of nitrogens with one attached hydrogen (secondary N) is 1. The van der Waals surface area contributed by atoms with Crippen LogP contribution < -0.4 is 10.3 Å². The van der Waals surface area contributed by atoms with Crippen LogP contribution in [0.1, 0.15) is 17.1 Å². The van der Waals surface area contributed by atoms with Gasteiger partial charge in [0, 0.05) is 43.1 Å². The van der Waals surface area contributed by atoms with Crippen LogP contribution in [-0.2, 0) is 4.79 Å². The third-order valence-corrected chi connectivity index (χ3v) is 4.95. The van der Waals surface area contributed by atoms with Gasteiger partial charge in [-0.2, -0.15) is 5.10 Å². The zero-order chi connectivity index (χ0) is 20.8. The fourth-order valence-corrected chi connectivity index (χ4v) is 3.48. The van der Waals surface area contributed by atoms with E-state index in [0.29, 0.717) is 5.16 Å². The lowest BCUT2D eigenvalue weighted by atomic mass is 10.2. The Hall–Kier alpha value is -3.13. The SMILES string of the molecule is Cc1cc(C)nc(SCC(=O)N/N=C\c2cccn2-c2ccc(N(C)C)cc2)n1. The van der Waals surface area contributed by atoms with E-state index in [1.807, 2.05) is 69.0 Å². The number of amides is 1. The number of aromatic nitrogens is 3. The monoisotopic (exact) mass is 408 g/mol. The predicted octanol–water partition coefficient (Wildman–Crippen LogP) is 3.19. The summed E-state index contributed by atoms with van der Waals surface area (Å²) in [5.74, 6) is -0.00443. The van der Waals surface area contributed by atoms with Crippen LogP contribution in [0.5, 0.6) is 0 Å². The van der Waals surface area contributed by atoms with Gasteiger partial charge in [-0.3, -0.25) is 4.79 Å². The molecule has 0 spiro atoms. The molecule has 0 saturated carbocycles. The minimum Gasteiger partial charge on any atom is -0.378 e. The van der Waals surface area contributed by atoms with Crippen molar-refractivity contribution in [2.75, 3.05) is 24.7 Å². The van der Waals surface area contributed by atoms with E-state index in [-0.39, 0.29) is 11.7 Å². The fraction of sp³-hybridized carbons (Fsp3) is 0.238. The van der Waals surface area contributed by atoms with Gasteiger partial charge >= 0.3 is 0 Å². The van der Waals surface area contributed by atoms with E-state index >= 15 is 0 Å². The van der Waals surface area contributed by atoms with Crippen molar-refractivity contribution >= 4 is 29.6 Å². The molecule has 1 aromatic carbocycles. The highest BCUT2D eigenvalue weighted by Gasteiger charge is 2.06. The van der Waals surface area contributed by atoms with E-state index in [1.165, 1.54) is 11.8 Å². The number of hydrogen-bond acceptors (Lipinski definition) is 6. The zero-order valence-electron chi connectivity index (χ0n) is 17.0. The van der Waals surface area contributed by atoms with Crippen molar-refractivity contribution < 1.29 is 4.79 Å². The zero-order valence-corrected chi connectivity index (χ0v) is 17.8. The summed E-state index contributed by atoms with van der Waals surface area (Å²) in [5, 5.41) is 4.68. The molecule has 2 heterocycles. The second kappa shape index (κ2) is 9.38. The smallest absolute Gasteiger partial charge is 0.250 e. The molecule has 0 unspecified atom stereocenters. The minimum absolute atomic E-state index is 0.202. The van der Waals surface area contributed by atoms with E-state index in [0.717, 1.165) is 28.5 Å². The first-order valence-electron chi connectivity index (χ1n) is 9.14. The summed E-state index contributed by atoms with van der Waals surface area (Å²) in [7, 11) is 4.02. The fourth-order valence-electron chi connectivity index (χ4n) is 2.74. The summed E-state index contributed by atoms with van der Waals surface area (Å²) in [5.41, 5.74) is 7.36. The third-order valence-electron chi connectivity index (χ3n) is 4.10. The van der Waals surface area contributed by atoms with E-state index in [9.17, 15) is 4.79 Å². The second-order valence-corrected chi connectivity index (χ2v) is 7.67. The van der Waals surface area contributed by atoms with Gasteiger partial charge in [0.25, 0.3) is 5.91 Å². The van der Waals surface area contributed by atoms with Gasteiger partial charge in [0.1, 0.15) is 0 Å². The maximum atomic E-state index is 12.1. The molecule has 0 aliphatic carbocycles. The van der Waals surface area contributed by atoms with Crippen molar-refractivity contribution in [3.8, 4) is 5.69 Å². The van der Waals surface area contributed by atoms with Crippen LogP contribution in [0, 0.1) is 13.8 Å². The molecule has 0 saturated heterocycles. The number of aryl methyl sites for hydroxylation is 2. The van der Waals surface area contributed by atoms with Crippen molar-refractivity contribution in [3.63, 3.8) is 0 Å². The van der Waals surface area contributed by atoms with Gasteiger partial charge in [0.2, 0.25) is 0 Å². The molecular formula is C21H24N6OS. The van der Waals surface area contributed by atoms with Gasteiger partial charge in [-0.15, -0.1) is 0 Å². The van der Waals surface area contributed by atoms with E-state index in [2.05, 4.69) is 37.5 Å². The minimum atomic E-state index is -0.206.